The minimum Gasteiger partial charge on any atom is -0.478 e. The van der Waals surface area contributed by atoms with E-state index in [1.807, 2.05) is 18.8 Å². The lowest BCUT2D eigenvalue weighted by Crippen LogP contribution is -2.31. The fraction of sp³-hybridized carbons (Fsp3) is 0.400. The van der Waals surface area contributed by atoms with E-state index >= 15 is 0 Å². The Morgan fingerprint density at radius 1 is 1.60 bits per heavy atom. The molecule has 0 spiro atoms. The number of rotatable bonds is 5. The quantitative estimate of drug-likeness (QED) is 0.848. The molecule has 1 aromatic rings. The first kappa shape index (κ1) is 15.1. The molecule has 0 saturated carbocycles. The van der Waals surface area contributed by atoms with Crippen LogP contribution < -0.4 is 0 Å². The molecule has 1 heterocycles. The molecular weight excluding hydrogens is 277 g/mol. The van der Waals surface area contributed by atoms with Gasteiger partial charge in [0.2, 0.25) is 0 Å². The van der Waals surface area contributed by atoms with Crippen LogP contribution in [0.25, 0.3) is 6.08 Å². The van der Waals surface area contributed by atoms with Gasteiger partial charge in [0.25, 0.3) is 0 Å². The Bertz CT molecular complexity index is 513. The van der Waals surface area contributed by atoms with Crippen LogP contribution >= 0.6 is 11.8 Å². The maximum Gasteiger partial charge on any atom is 0.328 e. The minimum absolute atomic E-state index is 0.282. The summed E-state index contributed by atoms with van der Waals surface area (Å²) in [6.45, 7) is 0.583. The van der Waals surface area contributed by atoms with Crippen molar-refractivity contribution in [3.63, 3.8) is 0 Å². The molecule has 5 heteroatoms. The van der Waals surface area contributed by atoms with E-state index in [1.165, 1.54) is 17.9 Å². The molecule has 1 N–H and O–H groups in total. The van der Waals surface area contributed by atoms with E-state index in [0.717, 1.165) is 18.2 Å². The number of aliphatic carboxylic acids is 1. The van der Waals surface area contributed by atoms with Crippen molar-refractivity contribution < 1.29 is 14.3 Å². The largest absolute Gasteiger partial charge is 0.478 e. The van der Waals surface area contributed by atoms with Gasteiger partial charge in [0.1, 0.15) is 5.82 Å². The van der Waals surface area contributed by atoms with Gasteiger partial charge in [-0.3, -0.25) is 4.90 Å². The van der Waals surface area contributed by atoms with Crippen molar-refractivity contribution in [2.45, 2.75) is 19.0 Å². The highest BCUT2D eigenvalue weighted by Gasteiger charge is 2.20. The van der Waals surface area contributed by atoms with Gasteiger partial charge in [0.15, 0.2) is 0 Å². The van der Waals surface area contributed by atoms with Gasteiger partial charge in [0.05, 0.1) is 0 Å². The van der Waals surface area contributed by atoms with E-state index in [2.05, 4.69) is 4.90 Å². The van der Waals surface area contributed by atoms with E-state index in [9.17, 15) is 9.18 Å². The van der Waals surface area contributed by atoms with Crippen molar-refractivity contribution in [2.24, 2.45) is 0 Å². The fourth-order valence-corrected chi connectivity index (χ4v) is 3.53. The number of halogens is 1. The molecule has 1 fully saturated rings. The Labute approximate surface area is 122 Å². The van der Waals surface area contributed by atoms with Gasteiger partial charge in [-0.1, -0.05) is 12.1 Å². The van der Waals surface area contributed by atoms with Gasteiger partial charge in [-0.15, -0.1) is 0 Å². The lowest BCUT2D eigenvalue weighted by Gasteiger charge is -2.23. The summed E-state index contributed by atoms with van der Waals surface area (Å²) in [5.74, 6) is 0.969. The zero-order valence-electron chi connectivity index (χ0n) is 11.4. The maximum atomic E-state index is 14.0. The van der Waals surface area contributed by atoms with Crippen LogP contribution in [-0.2, 0) is 11.3 Å². The topological polar surface area (TPSA) is 40.5 Å². The number of hydrogen-bond acceptors (Lipinski definition) is 3. The first-order chi connectivity index (χ1) is 9.56. The summed E-state index contributed by atoms with van der Waals surface area (Å²) in [6, 6.07) is 5.38. The van der Waals surface area contributed by atoms with E-state index < -0.39 is 5.97 Å². The van der Waals surface area contributed by atoms with Crippen molar-refractivity contribution in [3.05, 3.63) is 41.2 Å². The van der Waals surface area contributed by atoms with E-state index in [1.54, 1.807) is 12.1 Å². The highest BCUT2D eigenvalue weighted by molar-refractivity contribution is 7.99. The number of benzene rings is 1. The molecular formula is C15H18FNO2S. The van der Waals surface area contributed by atoms with Crippen LogP contribution in [0.3, 0.4) is 0 Å². The molecule has 0 aromatic heterocycles. The Hall–Kier alpha value is -1.33. The van der Waals surface area contributed by atoms with Gasteiger partial charge < -0.3 is 5.11 Å². The van der Waals surface area contributed by atoms with Gasteiger partial charge in [-0.25, -0.2) is 9.18 Å². The van der Waals surface area contributed by atoms with Crippen LogP contribution in [0.15, 0.2) is 24.3 Å². The summed E-state index contributed by atoms with van der Waals surface area (Å²) in [7, 11) is 2.02. The molecule has 1 aliphatic rings. The average molecular weight is 295 g/mol. The number of hydrogen-bond donors (Lipinski definition) is 1. The molecule has 20 heavy (non-hydrogen) atoms. The number of carboxylic acid groups (broad SMARTS) is 1. The van der Waals surface area contributed by atoms with Crippen molar-refractivity contribution >= 4 is 23.8 Å². The van der Waals surface area contributed by atoms with Gasteiger partial charge in [0, 0.05) is 30.0 Å². The lowest BCUT2D eigenvalue weighted by molar-refractivity contribution is -0.131. The normalized spacial score (nSPS) is 19.1. The number of carboxylic acids is 1. The number of thioether (sulfide) groups is 1. The van der Waals surface area contributed by atoms with Gasteiger partial charge >= 0.3 is 5.97 Å². The van der Waals surface area contributed by atoms with Crippen LogP contribution in [0.2, 0.25) is 0 Å². The number of nitrogens with zero attached hydrogens (tertiary/aromatic N) is 1. The first-order valence-electron chi connectivity index (χ1n) is 6.53. The first-order valence-corrected chi connectivity index (χ1v) is 7.69. The second kappa shape index (κ2) is 6.90. The molecule has 0 aliphatic carbocycles. The van der Waals surface area contributed by atoms with Crippen molar-refractivity contribution in [2.75, 3.05) is 18.6 Å². The maximum absolute atomic E-state index is 14.0. The van der Waals surface area contributed by atoms with Crippen LogP contribution in [-0.4, -0.2) is 40.6 Å². The van der Waals surface area contributed by atoms with Crippen molar-refractivity contribution in [1.29, 1.82) is 0 Å². The van der Waals surface area contributed by atoms with E-state index in [4.69, 9.17) is 5.11 Å². The Morgan fingerprint density at radius 3 is 3.00 bits per heavy atom. The van der Waals surface area contributed by atoms with Crippen molar-refractivity contribution in [1.82, 2.24) is 4.90 Å². The molecule has 3 nitrogen and oxygen atoms in total. The van der Waals surface area contributed by atoms with Crippen LogP contribution in [0.1, 0.15) is 17.5 Å². The predicted octanol–water partition coefficient (Wildman–Crippen LogP) is 2.86. The molecule has 1 unspecified atom stereocenters. The van der Waals surface area contributed by atoms with Crippen molar-refractivity contribution in [3.8, 4) is 0 Å². The highest BCUT2D eigenvalue weighted by Crippen LogP contribution is 2.23. The molecule has 1 aromatic carbocycles. The lowest BCUT2D eigenvalue weighted by atomic mass is 10.1. The van der Waals surface area contributed by atoms with Gasteiger partial charge in [-0.05, 0) is 36.9 Å². The summed E-state index contributed by atoms with van der Waals surface area (Å²) in [5, 5.41) is 8.55. The third-order valence-corrected chi connectivity index (χ3v) is 4.59. The molecule has 0 amide bonds. The molecule has 1 aliphatic heterocycles. The molecule has 108 valence electrons. The molecule has 0 radical (unpaired) electrons. The third-order valence-electron chi connectivity index (χ3n) is 3.44. The Balaban J connectivity index is 2.03. The smallest absolute Gasteiger partial charge is 0.328 e. The van der Waals surface area contributed by atoms with E-state index in [0.29, 0.717) is 23.7 Å². The zero-order chi connectivity index (χ0) is 14.5. The zero-order valence-corrected chi connectivity index (χ0v) is 12.2. The van der Waals surface area contributed by atoms with Crippen LogP contribution in [0.4, 0.5) is 4.39 Å². The summed E-state index contributed by atoms with van der Waals surface area (Å²) in [5.41, 5.74) is 1.21. The summed E-state index contributed by atoms with van der Waals surface area (Å²) in [6.07, 6.45) is 3.56. The molecule has 1 atom stereocenters. The van der Waals surface area contributed by atoms with E-state index in [-0.39, 0.29) is 5.82 Å². The summed E-state index contributed by atoms with van der Waals surface area (Å²) < 4.78 is 14.0. The molecule has 2 rings (SSSR count). The molecule has 1 saturated heterocycles. The second-order valence-corrected chi connectivity index (χ2v) is 6.10. The standard InChI is InChI=1S/C15H18FNO2S/c1-17(13-6-7-20-10-13)9-12-4-2-11(8-14(12)16)3-5-15(18)19/h2-5,8,13H,6-7,9-10H2,1H3,(H,18,19). The highest BCUT2D eigenvalue weighted by atomic mass is 32.2. The average Bonchev–Trinajstić information content (AvgIpc) is 2.93. The third kappa shape index (κ3) is 4.08. The van der Waals surface area contributed by atoms with Crippen LogP contribution in [0, 0.1) is 5.82 Å². The second-order valence-electron chi connectivity index (χ2n) is 4.95. The fourth-order valence-electron chi connectivity index (χ4n) is 2.23. The van der Waals surface area contributed by atoms with Crippen LogP contribution in [0.5, 0.6) is 0 Å². The molecule has 0 bridgehead atoms. The summed E-state index contributed by atoms with van der Waals surface area (Å²) >= 11 is 1.94. The predicted molar refractivity (Wildman–Crippen MR) is 80.3 cm³/mol. The number of carbonyl (C=O) groups is 1. The Morgan fingerprint density at radius 2 is 2.40 bits per heavy atom. The SMILES string of the molecule is CN(Cc1ccc(C=CC(=O)O)cc1F)C1CCSC1. The minimum atomic E-state index is -1.03. The summed E-state index contributed by atoms with van der Waals surface area (Å²) in [4.78, 5) is 12.6. The Kier molecular flexibility index (Phi) is 5.20. The van der Waals surface area contributed by atoms with Gasteiger partial charge in [-0.2, -0.15) is 11.8 Å². The monoisotopic (exact) mass is 295 g/mol.